The normalized spacial score (nSPS) is 16.6. The zero-order valence-corrected chi connectivity index (χ0v) is 15.5. The fraction of sp³-hybridized carbons (Fsp3) is 0.300. The first-order valence-corrected chi connectivity index (χ1v) is 8.95. The summed E-state index contributed by atoms with van der Waals surface area (Å²) >= 11 is 0. The van der Waals surface area contributed by atoms with E-state index >= 15 is 0 Å². The van der Waals surface area contributed by atoms with Gasteiger partial charge in [-0.15, -0.1) is 13.2 Å². The highest BCUT2D eigenvalue weighted by Gasteiger charge is 2.36. The van der Waals surface area contributed by atoms with Crippen molar-refractivity contribution in [2.45, 2.75) is 19.7 Å². The van der Waals surface area contributed by atoms with Gasteiger partial charge >= 0.3 is 6.36 Å². The molecule has 0 spiro atoms. The Labute approximate surface area is 165 Å². The largest absolute Gasteiger partial charge is 0.573 e. The molecule has 0 aliphatic carbocycles. The average Bonchev–Trinajstić information content (AvgIpc) is 3.05. The van der Waals surface area contributed by atoms with Crippen LogP contribution in [0.15, 0.2) is 48.5 Å². The van der Waals surface area contributed by atoms with Crippen LogP contribution in [0.2, 0.25) is 0 Å². The molecule has 1 aliphatic heterocycles. The van der Waals surface area contributed by atoms with Gasteiger partial charge in [0.15, 0.2) is 0 Å². The Morgan fingerprint density at radius 3 is 2.52 bits per heavy atom. The summed E-state index contributed by atoms with van der Waals surface area (Å²) in [5.41, 5.74) is 0.911. The van der Waals surface area contributed by atoms with Gasteiger partial charge in [-0.3, -0.25) is 9.59 Å². The van der Waals surface area contributed by atoms with Gasteiger partial charge in [0.2, 0.25) is 11.8 Å². The van der Waals surface area contributed by atoms with Gasteiger partial charge in [-0.2, -0.15) is 0 Å². The quantitative estimate of drug-likeness (QED) is 0.785. The lowest BCUT2D eigenvalue weighted by Crippen LogP contribution is -2.28. The van der Waals surface area contributed by atoms with Crippen LogP contribution in [0, 0.1) is 5.92 Å². The van der Waals surface area contributed by atoms with E-state index in [-0.39, 0.29) is 30.5 Å². The van der Waals surface area contributed by atoms with Crippen LogP contribution in [0.1, 0.15) is 13.3 Å². The molecule has 1 N–H and O–H groups in total. The molecule has 0 radical (unpaired) electrons. The van der Waals surface area contributed by atoms with E-state index in [9.17, 15) is 22.8 Å². The SMILES string of the molecule is CCOc1ccccc1N1C[C@@H](C(=O)Nc2ccc(OC(F)(F)F)cc2)CC1=O. The first kappa shape index (κ1) is 20.5. The first-order chi connectivity index (χ1) is 13.8. The van der Waals surface area contributed by atoms with Crippen molar-refractivity contribution >= 4 is 23.2 Å². The Hall–Kier alpha value is -3.23. The van der Waals surface area contributed by atoms with Crippen LogP contribution < -0.4 is 19.7 Å². The summed E-state index contributed by atoms with van der Waals surface area (Å²) in [6.45, 7) is 2.46. The van der Waals surface area contributed by atoms with E-state index in [0.29, 0.717) is 23.7 Å². The van der Waals surface area contributed by atoms with Crippen LogP contribution in [0.25, 0.3) is 0 Å². The molecule has 1 fully saturated rings. The van der Waals surface area contributed by atoms with Crippen molar-refractivity contribution in [3.05, 3.63) is 48.5 Å². The third-order valence-electron chi connectivity index (χ3n) is 4.31. The Kier molecular flexibility index (Phi) is 5.95. The smallest absolute Gasteiger partial charge is 0.492 e. The second-order valence-electron chi connectivity index (χ2n) is 6.37. The van der Waals surface area contributed by atoms with Crippen LogP contribution in [0.3, 0.4) is 0 Å². The lowest BCUT2D eigenvalue weighted by Gasteiger charge is -2.20. The number of hydrogen-bond donors (Lipinski definition) is 1. The summed E-state index contributed by atoms with van der Waals surface area (Å²) in [4.78, 5) is 26.5. The van der Waals surface area contributed by atoms with E-state index in [4.69, 9.17) is 4.74 Å². The van der Waals surface area contributed by atoms with Gasteiger partial charge in [-0.25, -0.2) is 0 Å². The standard InChI is InChI=1S/C20H19F3N2O4/c1-2-28-17-6-4-3-5-16(17)25-12-13(11-18(25)26)19(27)24-14-7-9-15(10-8-14)29-20(21,22)23/h3-10,13H,2,11-12H2,1H3,(H,24,27)/t13-/m0/s1. The van der Waals surface area contributed by atoms with Crippen molar-refractivity contribution in [3.63, 3.8) is 0 Å². The van der Waals surface area contributed by atoms with Gasteiger partial charge in [0.25, 0.3) is 0 Å². The predicted molar refractivity (Wildman–Crippen MR) is 99.8 cm³/mol. The molecule has 1 aliphatic rings. The summed E-state index contributed by atoms with van der Waals surface area (Å²) in [5, 5.41) is 2.62. The van der Waals surface area contributed by atoms with Crippen LogP contribution in [0.4, 0.5) is 24.5 Å². The zero-order chi connectivity index (χ0) is 21.0. The minimum Gasteiger partial charge on any atom is -0.492 e. The molecule has 1 heterocycles. The van der Waals surface area contributed by atoms with E-state index in [2.05, 4.69) is 10.1 Å². The topological polar surface area (TPSA) is 67.9 Å². The second kappa shape index (κ2) is 8.42. The summed E-state index contributed by atoms with van der Waals surface area (Å²) in [5.74, 6) is -1.01. The molecule has 1 atom stereocenters. The molecule has 0 aromatic heterocycles. The molecule has 154 valence electrons. The lowest BCUT2D eigenvalue weighted by molar-refractivity contribution is -0.274. The molecule has 6 nitrogen and oxygen atoms in total. The third-order valence-corrected chi connectivity index (χ3v) is 4.31. The summed E-state index contributed by atoms with van der Waals surface area (Å²) in [6, 6.07) is 11.9. The molecule has 2 amide bonds. The van der Waals surface area contributed by atoms with Gasteiger partial charge in [-0.1, -0.05) is 12.1 Å². The molecule has 1 saturated heterocycles. The molecule has 2 aromatic carbocycles. The van der Waals surface area contributed by atoms with Gasteiger partial charge in [0.1, 0.15) is 11.5 Å². The Bertz CT molecular complexity index is 884. The highest BCUT2D eigenvalue weighted by Crippen LogP contribution is 2.33. The number of ether oxygens (including phenoxy) is 2. The number of para-hydroxylation sites is 2. The van der Waals surface area contributed by atoms with Crippen molar-refractivity contribution in [2.75, 3.05) is 23.4 Å². The number of carbonyl (C=O) groups excluding carboxylic acids is 2. The highest BCUT2D eigenvalue weighted by molar-refractivity contribution is 6.04. The molecular formula is C20H19F3N2O4. The molecule has 9 heteroatoms. The summed E-state index contributed by atoms with van der Waals surface area (Å²) in [7, 11) is 0. The van der Waals surface area contributed by atoms with Crippen molar-refractivity contribution in [2.24, 2.45) is 5.92 Å². The number of amides is 2. The number of halogens is 3. The van der Waals surface area contributed by atoms with Crippen molar-refractivity contribution in [1.82, 2.24) is 0 Å². The summed E-state index contributed by atoms with van der Waals surface area (Å²) < 4.78 is 46.0. The Balaban J connectivity index is 1.65. The zero-order valence-electron chi connectivity index (χ0n) is 15.5. The average molecular weight is 408 g/mol. The van der Waals surface area contributed by atoms with E-state index < -0.39 is 12.3 Å². The first-order valence-electron chi connectivity index (χ1n) is 8.95. The number of carbonyl (C=O) groups is 2. The van der Waals surface area contributed by atoms with Gasteiger partial charge < -0.3 is 19.7 Å². The van der Waals surface area contributed by atoms with Gasteiger partial charge in [0.05, 0.1) is 18.2 Å². The van der Waals surface area contributed by atoms with Crippen LogP contribution in [0.5, 0.6) is 11.5 Å². The monoisotopic (exact) mass is 408 g/mol. The maximum absolute atomic E-state index is 12.5. The number of rotatable bonds is 6. The van der Waals surface area contributed by atoms with Crippen molar-refractivity contribution < 1.29 is 32.2 Å². The summed E-state index contributed by atoms with van der Waals surface area (Å²) in [6.07, 6.45) is -4.75. The van der Waals surface area contributed by atoms with E-state index in [1.165, 1.54) is 17.0 Å². The fourth-order valence-corrected chi connectivity index (χ4v) is 3.06. The molecule has 0 unspecified atom stereocenters. The number of benzene rings is 2. The number of anilines is 2. The maximum Gasteiger partial charge on any atom is 0.573 e. The fourth-order valence-electron chi connectivity index (χ4n) is 3.06. The van der Waals surface area contributed by atoms with Crippen LogP contribution in [-0.4, -0.2) is 31.3 Å². The minimum absolute atomic E-state index is 0.0293. The number of nitrogens with zero attached hydrogens (tertiary/aromatic N) is 1. The molecule has 3 rings (SSSR count). The molecule has 2 aromatic rings. The van der Waals surface area contributed by atoms with Crippen molar-refractivity contribution in [3.8, 4) is 11.5 Å². The van der Waals surface area contributed by atoms with Crippen LogP contribution >= 0.6 is 0 Å². The van der Waals surface area contributed by atoms with E-state index in [1.807, 2.05) is 6.92 Å². The molecule has 0 saturated carbocycles. The number of hydrogen-bond acceptors (Lipinski definition) is 4. The van der Waals surface area contributed by atoms with E-state index in [1.54, 1.807) is 24.3 Å². The molecule has 29 heavy (non-hydrogen) atoms. The number of nitrogens with one attached hydrogen (secondary N) is 1. The van der Waals surface area contributed by atoms with Gasteiger partial charge in [0, 0.05) is 18.7 Å². The third kappa shape index (κ3) is 5.18. The highest BCUT2D eigenvalue weighted by atomic mass is 19.4. The predicted octanol–water partition coefficient (Wildman–Crippen LogP) is 3.98. The van der Waals surface area contributed by atoms with E-state index in [0.717, 1.165) is 12.1 Å². The van der Waals surface area contributed by atoms with Crippen LogP contribution in [-0.2, 0) is 9.59 Å². The second-order valence-corrected chi connectivity index (χ2v) is 6.37. The van der Waals surface area contributed by atoms with Crippen molar-refractivity contribution in [1.29, 1.82) is 0 Å². The number of alkyl halides is 3. The lowest BCUT2D eigenvalue weighted by atomic mass is 10.1. The minimum atomic E-state index is -4.78. The Morgan fingerprint density at radius 2 is 1.86 bits per heavy atom. The molecule has 0 bridgehead atoms. The molecular weight excluding hydrogens is 389 g/mol. The maximum atomic E-state index is 12.5. The van der Waals surface area contributed by atoms with Gasteiger partial charge in [-0.05, 0) is 43.3 Å². The Morgan fingerprint density at radius 1 is 1.17 bits per heavy atom.